The summed E-state index contributed by atoms with van der Waals surface area (Å²) in [7, 11) is 0. The molecule has 0 bridgehead atoms. The Morgan fingerprint density at radius 3 is 1.60 bits per heavy atom. The Hall–Kier alpha value is 0.0234. The van der Waals surface area contributed by atoms with Crippen molar-refractivity contribution in [1.82, 2.24) is 0 Å². The standard InChI is InChI=1S/C9H11Br.C6H5.C2H6.BrH.Zn/c1-7(2)8-3-5-9(10)6-4-8;1-2-4-6-5-3-1;1-2;;/h3-7H,1-2H3;1-5H;1-2H3;1H;/q;-1;;;+2/p-1. The SMILES string of the molecule is CC.CC(C)c1ccc(Br)cc1.[Zn+][Br].[c-]1ccccc1. The van der Waals surface area contributed by atoms with Gasteiger partial charge in [0.25, 0.3) is 0 Å². The van der Waals surface area contributed by atoms with Gasteiger partial charge in [-0.15, -0.1) is 0 Å². The van der Waals surface area contributed by atoms with Gasteiger partial charge in [0.1, 0.15) is 0 Å². The summed E-state index contributed by atoms with van der Waals surface area (Å²) < 4.78 is 1.15. The maximum Gasteiger partial charge on any atom is -0.171 e. The third-order valence-corrected chi connectivity index (χ3v) is 2.67. The van der Waals surface area contributed by atoms with Crippen molar-refractivity contribution in [3.05, 3.63) is 70.7 Å². The first-order chi connectivity index (χ1) is 9.70. The predicted octanol–water partition coefficient (Wildman–Crippen LogP) is 6.93. The largest absolute Gasteiger partial charge is 0.184 e. The van der Waals surface area contributed by atoms with Crippen LogP contribution in [-0.4, -0.2) is 0 Å². The quantitative estimate of drug-likeness (QED) is 0.326. The van der Waals surface area contributed by atoms with Crippen molar-refractivity contribution in [1.29, 1.82) is 0 Å². The van der Waals surface area contributed by atoms with E-state index in [1.165, 1.54) is 21.9 Å². The van der Waals surface area contributed by atoms with Crippen LogP contribution in [0.2, 0.25) is 0 Å². The minimum atomic E-state index is 0.632. The summed E-state index contributed by atoms with van der Waals surface area (Å²) >= 11 is 7.64. The van der Waals surface area contributed by atoms with E-state index in [1.54, 1.807) is 0 Å². The monoisotopic (exact) mass is 448 g/mol. The molecule has 0 aliphatic rings. The first kappa shape index (κ1) is 22.3. The molecule has 0 amide bonds. The molecule has 0 radical (unpaired) electrons. The van der Waals surface area contributed by atoms with Crippen molar-refractivity contribution in [2.24, 2.45) is 0 Å². The van der Waals surface area contributed by atoms with Crippen LogP contribution in [0, 0.1) is 6.07 Å². The van der Waals surface area contributed by atoms with E-state index in [0.717, 1.165) is 4.47 Å². The zero-order valence-corrected chi connectivity index (χ0v) is 18.9. The Morgan fingerprint density at radius 2 is 1.35 bits per heavy atom. The molecule has 2 aromatic rings. The zero-order chi connectivity index (χ0) is 15.8. The van der Waals surface area contributed by atoms with Gasteiger partial charge in [-0.05, 0) is 23.6 Å². The molecule has 0 saturated heterocycles. The molecular formula is C17H22Br2Zn. The van der Waals surface area contributed by atoms with Crippen LogP contribution < -0.4 is 0 Å². The van der Waals surface area contributed by atoms with Crippen molar-refractivity contribution < 1.29 is 16.3 Å². The van der Waals surface area contributed by atoms with Gasteiger partial charge in [-0.3, -0.25) is 0 Å². The molecule has 0 aliphatic heterocycles. The van der Waals surface area contributed by atoms with E-state index in [1.807, 2.05) is 44.2 Å². The van der Waals surface area contributed by atoms with E-state index in [4.69, 9.17) is 0 Å². The second-order valence-corrected chi connectivity index (χ2v) is 4.70. The normalized spacial score (nSPS) is 8.25. The summed E-state index contributed by atoms with van der Waals surface area (Å²) in [5, 5.41) is 0. The molecule has 106 valence electrons. The minimum Gasteiger partial charge on any atom is -0.184 e. The van der Waals surface area contributed by atoms with E-state index in [2.05, 4.69) is 73.7 Å². The maximum atomic E-state index is 3.39. The average molecular weight is 452 g/mol. The molecule has 0 heterocycles. The smallest absolute Gasteiger partial charge is 0.171 e. The first-order valence-corrected chi connectivity index (χ1v) is 14.4. The average Bonchev–Trinajstić information content (AvgIpc) is 2.54. The van der Waals surface area contributed by atoms with E-state index < -0.39 is 0 Å². The van der Waals surface area contributed by atoms with E-state index in [0.29, 0.717) is 5.92 Å². The Kier molecular flexibility index (Phi) is 19.0. The van der Waals surface area contributed by atoms with Gasteiger partial charge in [0.2, 0.25) is 0 Å². The van der Waals surface area contributed by atoms with Crippen molar-refractivity contribution in [2.75, 3.05) is 0 Å². The summed E-state index contributed by atoms with van der Waals surface area (Å²) in [5.41, 5.74) is 1.39. The van der Waals surface area contributed by atoms with Crippen LogP contribution in [-0.2, 0) is 16.3 Å². The second kappa shape index (κ2) is 17.1. The molecule has 0 nitrogen and oxygen atoms in total. The van der Waals surface area contributed by atoms with Gasteiger partial charge in [0.05, 0.1) is 0 Å². The molecule has 20 heavy (non-hydrogen) atoms. The van der Waals surface area contributed by atoms with Gasteiger partial charge >= 0.3 is 30.0 Å². The second-order valence-electron chi connectivity index (χ2n) is 3.78. The van der Waals surface area contributed by atoms with Crippen molar-refractivity contribution in [3.63, 3.8) is 0 Å². The number of halogens is 2. The summed E-state index contributed by atoms with van der Waals surface area (Å²) in [5.74, 6) is 0.632. The van der Waals surface area contributed by atoms with Crippen molar-refractivity contribution in [3.8, 4) is 0 Å². The Morgan fingerprint density at radius 1 is 0.900 bits per heavy atom. The van der Waals surface area contributed by atoms with Gasteiger partial charge in [-0.25, -0.2) is 0 Å². The van der Waals surface area contributed by atoms with Gasteiger partial charge < -0.3 is 0 Å². The molecule has 3 heteroatoms. The maximum absolute atomic E-state index is 3.39. The molecule has 0 aliphatic carbocycles. The number of hydrogen-bond acceptors (Lipinski definition) is 0. The third-order valence-electron chi connectivity index (χ3n) is 2.14. The van der Waals surface area contributed by atoms with Gasteiger partial charge in [-0.1, -0.05) is 55.8 Å². The molecule has 2 rings (SSSR count). The van der Waals surface area contributed by atoms with Crippen molar-refractivity contribution in [2.45, 2.75) is 33.6 Å². The van der Waals surface area contributed by atoms with Crippen LogP contribution >= 0.6 is 29.6 Å². The predicted molar refractivity (Wildman–Crippen MR) is 93.8 cm³/mol. The Balaban J connectivity index is 0. The summed E-state index contributed by atoms with van der Waals surface area (Å²) in [6.07, 6.45) is 0. The topological polar surface area (TPSA) is 0 Å². The summed E-state index contributed by atoms with van der Waals surface area (Å²) in [6.45, 7) is 8.40. The van der Waals surface area contributed by atoms with Gasteiger partial charge in [0.15, 0.2) is 0 Å². The molecule has 0 fully saturated rings. The molecule has 0 N–H and O–H groups in total. The summed E-state index contributed by atoms with van der Waals surface area (Å²) in [4.78, 5) is 0. The number of benzene rings is 2. The molecule has 0 unspecified atom stereocenters. The van der Waals surface area contributed by atoms with Crippen LogP contribution in [0.4, 0.5) is 0 Å². The van der Waals surface area contributed by atoms with E-state index >= 15 is 0 Å². The minimum absolute atomic E-state index is 0.632. The van der Waals surface area contributed by atoms with E-state index in [9.17, 15) is 0 Å². The van der Waals surface area contributed by atoms with Crippen LogP contribution in [0.5, 0.6) is 0 Å². The number of hydrogen-bond donors (Lipinski definition) is 0. The van der Waals surface area contributed by atoms with Crippen LogP contribution in [0.1, 0.15) is 39.2 Å². The molecule has 2 aromatic carbocycles. The van der Waals surface area contributed by atoms with Gasteiger partial charge in [0, 0.05) is 4.47 Å². The molecule has 0 spiro atoms. The van der Waals surface area contributed by atoms with Crippen molar-refractivity contribution >= 4 is 29.6 Å². The fourth-order valence-electron chi connectivity index (χ4n) is 1.19. The Labute approximate surface area is 149 Å². The number of rotatable bonds is 1. The van der Waals surface area contributed by atoms with Gasteiger partial charge in [-0.2, -0.15) is 36.4 Å². The fraction of sp³-hybridized carbons (Fsp3) is 0.294. The fourth-order valence-corrected chi connectivity index (χ4v) is 1.45. The zero-order valence-electron chi connectivity index (χ0n) is 12.7. The third kappa shape index (κ3) is 13.0. The molecule has 0 atom stereocenters. The van der Waals surface area contributed by atoms with Crippen LogP contribution in [0.25, 0.3) is 0 Å². The first-order valence-electron chi connectivity index (χ1n) is 6.63. The summed E-state index contributed by atoms with van der Waals surface area (Å²) in [6, 6.07) is 21.0. The van der Waals surface area contributed by atoms with Crippen LogP contribution in [0.15, 0.2) is 59.1 Å². The van der Waals surface area contributed by atoms with Crippen LogP contribution in [0.3, 0.4) is 0 Å². The van der Waals surface area contributed by atoms with E-state index in [-0.39, 0.29) is 0 Å². The molecule has 0 aromatic heterocycles. The molecule has 0 saturated carbocycles. The Bertz CT molecular complexity index is 359. The molecular weight excluding hydrogens is 429 g/mol.